The molecule has 1 aliphatic carbocycles. The molecular formula is C13H15ClO5. The summed E-state index contributed by atoms with van der Waals surface area (Å²) < 4.78 is 10.4. The lowest BCUT2D eigenvalue weighted by atomic mass is 9.64. The summed E-state index contributed by atoms with van der Waals surface area (Å²) in [6.45, 7) is 0. The second-order valence-corrected chi connectivity index (χ2v) is 4.94. The molecule has 1 aromatic carbocycles. The van der Waals surface area contributed by atoms with Crippen LogP contribution in [0.5, 0.6) is 17.2 Å². The van der Waals surface area contributed by atoms with Crippen molar-refractivity contribution in [2.24, 2.45) is 0 Å². The number of hydrogen-bond acceptors (Lipinski definition) is 4. The van der Waals surface area contributed by atoms with Crippen LogP contribution in [0.15, 0.2) is 6.07 Å². The predicted molar refractivity (Wildman–Crippen MR) is 69.4 cm³/mol. The van der Waals surface area contributed by atoms with E-state index < -0.39 is 11.4 Å². The largest absolute Gasteiger partial charge is 0.506 e. The van der Waals surface area contributed by atoms with Crippen LogP contribution in [0.4, 0.5) is 0 Å². The van der Waals surface area contributed by atoms with Crippen LogP contribution in [0.3, 0.4) is 0 Å². The van der Waals surface area contributed by atoms with Gasteiger partial charge in [0.15, 0.2) is 11.5 Å². The molecule has 1 aliphatic rings. The number of aromatic hydroxyl groups is 1. The van der Waals surface area contributed by atoms with Gasteiger partial charge in [-0.3, -0.25) is 4.79 Å². The van der Waals surface area contributed by atoms with E-state index in [2.05, 4.69) is 0 Å². The van der Waals surface area contributed by atoms with Crippen LogP contribution in [-0.2, 0) is 10.2 Å². The van der Waals surface area contributed by atoms with Crippen molar-refractivity contribution in [2.45, 2.75) is 24.7 Å². The average Bonchev–Trinajstić information content (AvgIpc) is 2.32. The third kappa shape index (κ3) is 1.89. The number of carbonyl (C=O) groups is 1. The molecule has 0 atom stereocenters. The average molecular weight is 287 g/mol. The molecule has 0 bridgehead atoms. The van der Waals surface area contributed by atoms with Gasteiger partial charge in [0, 0.05) is 11.6 Å². The summed E-state index contributed by atoms with van der Waals surface area (Å²) in [5, 5.41) is 19.3. The molecule has 0 radical (unpaired) electrons. The Hall–Kier alpha value is -1.62. The lowest BCUT2D eigenvalue weighted by Crippen LogP contribution is -2.42. The van der Waals surface area contributed by atoms with E-state index in [9.17, 15) is 15.0 Å². The Morgan fingerprint density at radius 1 is 1.37 bits per heavy atom. The van der Waals surface area contributed by atoms with Gasteiger partial charge in [-0.2, -0.15) is 0 Å². The SMILES string of the molecule is COc1cc(O)c(Cl)c(C2(C(=O)O)CCC2)c1OC. The molecule has 0 aromatic heterocycles. The molecule has 1 fully saturated rings. The molecule has 1 aromatic rings. The van der Waals surface area contributed by atoms with Gasteiger partial charge < -0.3 is 19.7 Å². The van der Waals surface area contributed by atoms with Gasteiger partial charge in [-0.1, -0.05) is 18.0 Å². The molecule has 0 spiro atoms. The van der Waals surface area contributed by atoms with Crippen molar-refractivity contribution in [2.75, 3.05) is 14.2 Å². The van der Waals surface area contributed by atoms with E-state index in [1.807, 2.05) is 0 Å². The fraction of sp³-hybridized carbons (Fsp3) is 0.462. The molecule has 6 heteroatoms. The summed E-state index contributed by atoms with van der Waals surface area (Å²) in [7, 11) is 2.84. The Balaban J connectivity index is 2.73. The quantitative estimate of drug-likeness (QED) is 0.889. The van der Waals surface area contributed by atoms with Crippen LogP contribution in [0.2, 0.25) is 5.02 Å². The maximum absolute atomic E-state index is 11.6. The number of phenolic OH excluding ortho intramolecular Hbond substituents is 1. The summed E-state index contributed by atoms with van der Waals surface area (Å²) >= 11 is 6.10. The highest BCUT2D eigenvalue weighted by Gasteiger charge is 2.50. The third-order valence-electron chi connectivity index (χ3n) is 3.68. The Bertz CT molecular complexity index is 522. The van der Waals surface area contributed by atoms with E-state index in [1.165, 1.54) is 20.3 Å². The highest BCUT2D eigenvalue weighted by molar-refractivity contribution is 6.33. The van der Waals surface area contributed by atoms with Gasteiger partial charge in [-0.05, 0) is 12.8 Å². The Labute approximate surface area is 115 Å². The number of benzene rings is 1. The molecular weight excluding hydrogens is 272 g/mol. The molecule has 2 N–H and O–H groups in total. The predicted octanol–water partition coefficient (Wildman–Crippen LogP) is 2.57. The number of carboxylic acid groups (broad SMARTS) is 1. The lowest BCUT2D eigenvalue weighted by molar-refractivity contribution is -0.147. The number of carboxylic acids is 1. The fourth-order valence-electron chi connectivity index (χ4n) is 2.49. The van der Waals surface area contributed by atoms with Crippen molar-refractivity contribution in [3.63, 3.8) is 0 Å². The summed E-state index contributed by atoms with van der Waals surface area (Å²) in [6.07, 6.45) is 1.72. The number of hydrogen-bond donors (Lipinski definition) is 2. The molecule has 104 valence electrons. The Morgan fingerprint density at radius 3 is 2.37 bits per heavy atom. The first-order valence-electron chi connectivity index (χ1n) is 5.85. The van der Waals surface area contributed by atoms with Gasteiger partial charge in [0.1, 0.15) is 5.75 Å². The van der Waals surface area contributed by atoms with E-state index in [0.717, 1.165) is 6.42 Å². The highest BCUT2D eigenvalue weighted by atomic mass is 35.5. The van der Waals surface area contributed by atoms with Crippen LogP contribution >= 0.6 is 11.6 Å². The minimum absolute atomic E-state index is 0.0137. The first-order chi connectivity index (χ1) is 8.97. The van der Waals surface area contributed by atoms with Crippen LogP contribution in [0.1, 0.15) is 24.8 Å². The van der Waals surface area contributed by atoms with Crippen LogP contribution in [0.25, 0.3) is 0 Å². The number of phenols is 1. The summed E-state index contributed by atoms with van der Waals surface area (Å²) in [5.41, 5.74) is -0.804. The van der Waals surface area contributed by atoms with Crippen molar-refractivity contribution in [3.05, 3.63) is 16.7 Å². The van der Waals surface area contributed by atoms with Gasteiger partial charge in [0.05, 0.1) is 24.7 Å². The summed E-state index contributed by atoms with van der Waals surface area (Å²) in [4.78, 5) is 11.6. The van der Waals surface area contributed by atoms with Gasteiger partial charge in [0.2, 0.25) is 0 Å². The topological polar surface area (TPSA) is 76.0 Å². The number of halogens is 1. The van der Waals surface area contributed by atoms with Crippen LogP contribution in [-0.4, -0.2) is 30.4 Å². The number of rotatable bonds is 4. The second-order valence-electron chi connectivity index (χ2n) is 4.56. The Kier molecular flexibility index (Phi) is 3.49. The molecule has 1 saturated carbocycles. The number of aliphatic carboxylic acids is 1. The maximum Gasteiger partial charge on any atom is 0.314 e. The van der Waals surface area contributed by atoms with E-state index in [0.29, 0.717) is 18.4 Å². The zero-order valence-electron chi connectivity index (χ0n) is 10.7. The van der Waals surface area contributed by atoms with E-state index in [1.54, 1.807) is 0 Å². The molecule has 0 heterocycles. The van der Waals surface area contributed by atoms with Gasteiger partial charge in [-0.25, -0.2) is 0 Å². The fourth-order valence-corrected chi connectivity index (χ4v) is 2.81. The van der Waals surface area contributed by atoms with Gasteiger partial charge in [0.25, 0.3) is 0 Å². The van der Waals surface area contributed by atoms with Crippen LogP contribution < -0.4 is 9.47 Å². The molecule has 2 rings (SSSR count). The first-order valence-corrected chi connectivity index (χ1v) is 6.23. The summed E-state index contributed by atoms with van der Waals surface area (Å²) in [5.74, 6) is -0.632. The standard InChI is InChI=1S/C13H15ClO5/c1-18-8-6-7(15)10(14)9(11(8)19-2)13(12(16)17)4-3-5-13/h6,15H,3-5H2,1-2H3,(H,16,17). The molecule has 5 nitrogen and oxygen atoms in total. The van der Waals surface area contributed by atoms with E-state index >= 15 is 0 Å². The van der Waals surface area contributed by atoms with Crippen molar-refractivity contribution < 1.29 is 24.5 Å². The van der Waals surface area contributed by atoms with Crippen molar-refractivity contribution >= 4 is 17.6 Å². The van der Waals surface area contributed by atoms with Gasteiger partial charge >= 0.3 is 5.97 Å². The number of ether oxygens (including phenoxy) is 2. The monoisotopic (exact) mass is 286 g/mol. The smallest absolute Gasteiger partial charge is 0.314 e. The van der Waals surface area contributed by atoms with Crippen LogP contribution in [0, 0.1) is 0 Å². The molecule has 0 unspecified atom stereocenters. The molecule has 19 heavy (non-hydrogen) atoms. The Morgan fingerprint density at radius 2 is 2.00 bits per heavy atom. The third-order valence-corrected chi connectivity index (χ3v) is 4.06. The lowest BCUT2D eigenvalue weighted by Gasteiger charge is -2.39. The highest BCUT2D eigenvalue weighted by Crippen LogP contribution is 2.54. The normalized spacial score (nSPS) is 16.6. The molecule has 0 amide bonds. The van der Waals surface area contributed by atoms with E-state index in [4.69, 9.17) is 21.1 Å². The molecule has 0 aliphatic heterocycles. The van der Waals surface area contributed by atoms with Crippen molar-refractivity contribution in [1.29, 1.82) is 0 Å². The minimum atomic E-state index is -1.10. The van der Waals surface area contributed by atoms with Crippen molar-refractivity contribution in [1.82, 2.24) is 0 Å². The van der Waals surface area contributed by atoms with Crippen molar-refractivity contribution in [3.8, 4) is 17.2 Å². The molecule has 0 saturated heterocycles. The zero-order chi connectivity index (χ0) is 14.2. The maximum atomic E-state index is 11.6. The van der Waals surface area contributed by atoms with Gasteiger partial charge in [-0.15, -0.1) is 0 Å². The minimum Gasteiger partial charge on any atom is -0.506 e. The zero-order valence-corrected chi connectivity index (χ0v) is 11.5. The van der Waals surface area contributed by atoms with E-state index in [-0.39, 0.29) is 22.3 Å². The second kappa shape index (κ2) is 4.81. The first kappa shape index (κ1) is 13.8. The number of methoxy groups -OCH3 is 2. The summed E-state index contributed by atoms with van der Waals surface area (Å²) in [6, 6.07) is 1.32.